The molecule has 1 aliphatic rings. The first-order chi connectivity index (χ1) is 11.6. The van der Waals surface area contributed by atoms with Crippen molar-refractivity contribution in [1.29, 1.82) is 0 Å². The Labute approximate surface area is 147 Å². The van der Waals surface area contributed by atoms with Crippen molar-refractivity contribution in [2.45, 2.75) is 32.4 Å². The van der Waals surface area contributed by atoms with E-state index in [-0.39, 0.29) is 12.1 Å². The predicted molar refractivity (Wildman–Crippen MR) is 98.6 cm³/mol. The molecule has 2 amide bonds. The van der Waals surface area contributed by atoms with Crippen LogP contribution in [0.3, 0.4) is 0 Å². The molecule has 0 aliphatic carbocycles. The lowest BCUT2D eigenvalue weighted by Crippen LogP contribution is -2.45. The minimum Gasteiger partial charge on any atom is -0.362 e. The zero-order valence-corrected chi connectivity index (χ0v) is 15.3. The number of aromatic nitrogens is 1. The van der Waals surface area contributed by atoms with Crippen LogP contribution in [0, 0.1) is 0 Å². The van der Waals surface area contributed by atoms with Gasteiger partial charge in [0.15, 0.2) is 0 Å². The van der Waals surface area contributed by atoms with Crippen LogP contribution in [0.25, 0.3) is 0 Å². The smallest absolute Gasteiger partial charge is 0.318 e. The van der Waals surface area contributed by atoms with Crippen LogP contribution in [-0.4, -0.2) is 36.6 Å². The highest BCUT2D eigenvalue weighted by Crippen LogP contribution is 2.35. The zero-order valence-electron chi connectivity index (χ0n) is 14.5. The molecule has 1 unspecified atom stereocenters. The average Bonchev–Trinajstić information content (AvgIpc) is 3.07. The highest BCUT2D eigenvalue weighted by Gasteiger charge is 2.30. The number of thiophene rings is 1. The largest absolute Gasteiger partial charge is 0.362 e. The number of carbonyl (C=O) groups excluding carboxylic acids is 1. The van der Waals surface area contributed by atoms with Crippen LogP contribution >= 0.6 is 11.3 Å². The van der Waals surface area contributed by atoms with Gasteiger partial charge in [-0.3, -0.25) is 0 Å². The minimum atomic E-state index is 0.00672. The van der Waals surface area contributed by atoms with Gasteiger partial charge >= 0.3 is 6.03 Å². The van der Waals surface area contributed by atoms with Gasteiger partial charge in [0.1, 0.15) is 5.82 Å². The van der Waals surface area contributed by atoms with E-state index in [1.165, 1.54) is 10.4 Å². The molecule has 128 valence electrons. The van der Waals surface area contributed by atoms with Crippen LogP contribution in [0.1, 0.15) is 35.4 Å². The molecule has 1 N–H and O–H groups in total. The number of fused-ring (bicyclic) bond motifs is 1. The van der Waals surface area contributed by atoms with Gasteiger partial charge in [-0.15, -0.1) is 11.3 Å². The van der Waals surface area contributed by atoms with Crippen molar-refractivity contribution < 1.29 is 4.79 Å². The number of carbonyl (C=O) groups is 1. The van der Waals surface area contributed by atoms with Gasteiger partial charge in [-0.25, -0.2) is 9.78 Å². The lowest BCUT2D eigenvalue weighted by molar-refractivity contribution is 0.167. The molecule has 3 heterocycles. The van der Waals surface area contributed by atoms with E-state index in [1.807, 2.05) is 36.0 Å². The fourth-order valence-corrected chi connectivity index (χ4v) is 4.25. The molecular formula is C18H24N4OS. The number of amides is 2. The van der Waals surface area contributed by atoms with Gasteiger partial charge < -0.3 is 15.1 Å². The molecule has 2 aromatic heterocycles. The maximum Gasteiger partial charge on any atom is 0.318 e. The Morgan fingerprint density at radius 3 is 3.04 bits per heavy atom. The van der Waals surface area contributed by atoms with Crippen molar-refractivity contribution in [1.82, 2.24) is 15.2 Å². The van der Waals surface area contributed by atoms with Gasteiger partial charge in [0.25, 0.3) is 0 Å². The molecular weight excluding hydrogens is 320 g/mol. The lowest BCUT2D eigenvalue weighted by Gasteiger charge is -2.35. The fourth-order valence-electron chi connectivity index (χ4n) is 3.32. The SMILES string of the molecule is CCC1c2ccsc2CCN1C(=O)NCc1cccnc1N(C)C. The van der Waals surface area contributed by atoms with Crippen LogP contribution < -0.4 is 10.2 Å². The summed E-state index contributed by atoms with van der Waals surface area (Å²) in [6.45, 7) is 3.41. The summed E-state index contributed by atoms with van der Waals surface area (Å²) >= 11 is 1.80. The van der Waals surface area contributed by atoms with E-state index in [4.69, 9.17) is 0 Å². The van der Waals surface area contributed by atoms with Crippen LogP contribution in [-0.2, 0) is 13.0 Å². The summed E-state index contributed by atoms with van der Waals surface area (Å²) in [4.78, 5) is 22.5. The third-order valence-corrected chi connectivity index (χ3v) is 5.46. The summed E-state index contributed by atoms with van der Waals surface area (Å²) in [6, 6.07) is 6.27. The van der Waals surface area contributed by atoms with E-state index in [0.717, 1.165) is 30.8 Å². The molecule has 5 nitrogen and oxygen atoms in total. The van der Waals surface area contributed by atoms with E-state index >= 15 is 0 Å². The summed E-state index contributed by atoms with van der Waals surface area (Å²) in [6.07, 6.45) is 3.66. The van der Waals surface area contributed by atoms with Gasteiger partial charge in [0.05, 0.1) is 6.04 Å². The summed E-state index contributed by atoms with van der Waals surface area (Å²) in [5, 5.41) is 5.21. The predicted octanol–water partition coefficient (Wildman–Crippen LogP) is 3.43. The third-order valence-electron chi connectivity index (χ3n) is 4.46. The summed E-state index contributed by atoms with van der Waals surface area (Å²) in [5.74, 6) is 0.892. The average molecular weight is 344 g/mol. The first kappa shape index (κ1) is 16.8. The zero-order chi connectivity index (χ0) is 17.1. The highest BCUT2D eigenvalue weighted by atomic mass is 32.1. The van der Waals surface area contributed by atoms with Crippen LogP contribution in [0.15, 0.2) is 29.8 Å². The maximum absolute atomic E-state index is 12.7. The second-order valence-electron chi connectivity index (χ2n) is 6.21. The number of hydrogen-bond donors (Lipinski definition) is 1. The van der Waals surface area contributed by atoms with Crippen LogP contribution in [0.5, 0.6) is 0 Å². The lowest BCUT2D eigenvalue weighted by atomic mass is 9.98. The molecule has 24 heavy (non-hydrogen) atoms. The van der Waals surface area contributed by atoms with Crippen molar-refractivity contribution in [3.63, 3.8) is 0 Å². The number of anilines is 1. The van der Waals surface area contributed by atoms with Gasteiger partial charge in [-0.05, 0) is 35.9 Å². The van der Waals surface area contributed by atoms with Crippen LogP contribution in [0.2, 0.25) is 0 Å². The highest BCUT2D eigenvalue weighted by molar-refractivity contribution is 7.10. The monoisotopic (exact) mass is 344 g/mol. The Kier molecular flexibility index (Phi) is 5.04. The molecule has 3 rings (SSSR count). The van der Waals surface area contributed by atoms with Crippen molar-refractivity contribution in [3.05, 3.63) is 45.8 Å². The Hall–Kier alpha value is -2.08. The molecule has 0 saturated carbocycles. The second kappa shape index (κ2) is 7.21. The molecule has 0 radical (unpaired) electrons. The van der Waals surface area contributed by atoms with E-state index in [9.17, 15) is 4.79 Å². The standard InChI is InChI=1S/C18H24N4OS/c1-4-15-14-8-11-24-16(14)7-10-22(15)18(23)20-12-13-6-5-9-19-17(13)21(2)3/h5-6,8-9,11,15H,4,7,10,12H2,1-3H3,(H,20,23). The van der Waals surface area contributed by atoms with Gasteiger partial charge in [-0.1, -0.05) is 13.0 Å². The molecule has 0 saturated heterocycles. The third kappa shape index (κ3) is 3.24. The molecule has 0 bridgehead atoms. The molecule has 0 fully saturated rings. The van der Waals surface area contributed by atoms with Crippen LogP contribution in [0.4, 0.5) is 10.6 Å². The van der Waals surface area contributed by atoms with Crippen molar-refractivity contribution in [2.75, 3.05) is 25.5 Å². The van der Waals surface area contributed by atoms with E-state index in [0.29, 0.717) is 6.54 Å². The number of hydrogen-bond acceptors (Lipinski definition) is 4. The second-order valence-corrected chi connectivity index (χ2v) is 7.21. The maximum atomic E-state index is 12.7. The van der Waals surface area contributed by atoms with Gasteiger partial charge in [0.2, 0.25) is 0 Å². The molecule has 2 aromatic rings. The van der Waals surface area contributed by atoms with Crippen molar-refractivity contribution in [3.8, 4) is 0 Å². The normalized spacial score (nSPS) is 16.6. The number of rotatable bonds is 4. The van der Waals surface area contributed by atoms with Gasteiger partial charge in [-0.2, -0.15) is 0 Å². The molecule has 0 spiro atoms. The Bertz CT molecular complexity index is 713. The number of nitrogens with one attached hydrogen (secondary N) is 1. The summed E-state index contributed by atoms with van der Waals surface area (Å²) in [7, 11) is 3.92. The minimum absolute atomic E-state index is 0.00672. The first-order valence-corrected chi connectivity index (χ1v) is 9.21. The number of pyridine rings is 1. The Morgan fingerprint density at radius 2 is 2.29 bits per heavy atom. The Balaban J connectivity index is 1.70. The van der Waals surface area contributed by atoms with E-state index in [1.54, 1.807) is 17.5 Å². The molecule has 1 aliphatic heterocycles. The summed E-state index contributed by atoms with van der Waals surface area (Å²) < 4.78 is 0. The number of nitrogens with zero attached hydrogens (tertiary/aromatic N) is 3. The topological polar surface area (TPSA) is 48.5 Å². The van der Waals surface area contributed by atoms with E-state index < -0.39 is 0 Å². The van der Waals surface area contributed by atoms with Gasteiger partial charge in [0, 0.05) is 43.8 Å². The summed E-state index contributed by atoms with van der Waals surface area (Å²) in [5.41, 5.74) is 2.34. The molecule has 6 heteroatoms. The van der Waals surface area contributed by atoms with Crippen molar-refractivity contribution >= 4 is 23.2 Å². The van der Waals surface area contributed by atoms with Crippen molar-refractivity contribution in [2.24, 2.45) is 0 Å². The molecule has 1 atom stereocenters. The number of urea groups is 1. The fraction of sp³-hybridized carbons (Fsp3) is 0.444. The molecule has 0 aromatic carbocycles. The quantitative estimate of drug-likeness (QED) is 0.924. The van der Waals surface area contributed by atoms with E-state index in [2.05, 4.69) is 28.7 Å². The Morgan fingerprint density at radius 1 is 1.46 bits per heavy atom. The first-order valence-electron chi connectivity index (χ1n) is 8.33.